The fraction of sp³-hybridized carbons (Fsp3) is 0.0667. The van der Waals surface area contributed by atoms with Crippen LogP contribution in [0.15, 0.2) is 48.5 Å². The summed E-state index contributed by atoms with van der Waals surface area (Å²) in [5.74, 6) is 1.21. The molecule has 0 spiro atoms. The number of aryl methyl sites for hydroxylation is 1. The predicted octanol–water partition coefficient (Wildman–Crippen LogP) is 4.38. The third kappa shape index (κ3) is 2.51. The second-order valence-electron chi connectivity index (χ2n) is 4.20. The van der Waals surface area contributed by atoms with Gasteiger partial charge >= 0.3 is 0 Å². The van der Waals surface area contributed by atoms with Crippen molar-refractivity contribution in [2.45, 2.75) is 6.92 Å². The fourth-order valence-corrected chi connectivity index (χ4v) is 2.17. The minimum atomic E-state index is 0.190. The highest BCUT2D eigenvalue weighted by atomic mass is 35.5. The zero-order valence-corrected chi connectivity index (χ0v) is 11.1. The van der Waals surface area contributed by atoms with Gasteiger partial charge in [0, 0.05) is 17.1 Å². The van der Waals surface area contributed by atoms with E-state index in [4.69, 9.17) is 16.3 Å². The topological polar surface area (TPSA) is 35.0 Å². The quantitative estimate of drug-likeness (QED) is 0.648. The van der Waals surface area contributed by atoms with Crippen LogP contribution in [0.2, 0.25) is 5.28 Å². The summed E-state index contributed by atoms with van der Waals surface area (Å²) in [7, 11) is 0. The Morgan fingerprint density at radius 2 is 1.79 bits per heavy atom. The summed E-state index contributed by atoms with van der Waals surface area (Å²) < 4.78 is 5.82. The van der Waals surface area contributed by atoms with Crippen LogP contribution < -0.4 is 4.74 Å². The second kappa shape index (κ2) is 4.86. The maximum absolute atomic E-state index is 5.83. The van der Waals surface area contributed by atoms with E-state index < -0.39 is 0 Å². The molecule has 4 heteroatoms. The molecule has 0 aliphatic rings. The van der Waals surface area contributed by atoms with Gasteiger partial charge in [0.2, 0.25) is 11.2 Å². The van der Waals surface area contributed by atoms with E-state index >= 15 is 0 Å². The van der Waals surface area contributed by atoms with Crippen molar-refractivity contribution in [2.24, 2.45) is 0 Å². The van der Waals surface area contributed by atoms with E-state index in [2.05, 4.69) is 9.97 Å². The minimum Gasteiger partial charge on any atom is -0.438 e. The van der Waals surface area contributed by atoms with Crippen LogP contribution in [0.5, 0.6) is 11.6 Å². The molecule has 0 bridgehead atoms. The molecule has 1 heterocycles. The Hall–Kier alpha value is -2.13. The third-order valence-electron chi connectivity index (χ3n) is 2.77. The zero-order chi connectivity index (χ0) is 13.2. The van der Waals surface area contributed by atoms with Crippen LogP contribution in [0.1, 0.15) is 5.69 Å². The Morgan fingerprint density at radius 1 is 1.00 bits per heavy atom. The van der Waals surface area contributed by atoms with Crippen molar-refractivity contribution in [2.75, 3.05) is 0 Å². The molecule has 3 aromatic rings. The van der Waals surface area contributed by atoms with Gasteiger partial charge in [0.1, 0.15) is 5.75 Å². The molecule has 0 aliphatic carbocycles. The normalized spacial score (nSPS) is 10.6. The van der Waals surface area contributed by atoms with Gasteiger partial charge < -0.3 is 4.74 Å². The van der Waals surface area contributed by atoms with Gasteiger partial charge in [-0.05, 0) is 30.0 Å². The average molecular weight is 271 g/mol. The van der Waals surface area contributed by atoms with Crippen molar-refractivity contribution in [3.63, 3.8) is 0 Å². The van der Waals surface area contributed by atoms with Crippen molar-refractivity contribution in [3.05, 3.63) is 59.5 Å². The largest absolute Gasteiger partial charge is 0.438 e. The highest BCUT2D eigenvalue weighted by Crippen LogP contribution is 2.29. The van der Waals surface area contributed by atoms with Crippen molar-refractivity contribution < 1.29 is 4.74 Å². The number of hydrogen-bond donors (Lipinski definition) is 0. The highest BCUT2D eigenvalue weighted by molar-refractivity contribution is 6.28. The molecule has 0 fully saturated rings. The lowest BCUT2D eigenvalue weighted by Gasteiger charge is -2.08. The number of hydrogen-bond acceptors (Lipinski definition) is 3. The molecular formula is C15H11ClN2O. The van der Waals surface area contributed by atoms with Gasteiger partial charge in [0.15, 0.2) is 0 Å². The SMILES string of the molecule is Cc1cc(Oc2cccc3ccccc23)nc(Cl)n1. The lowest BCUT2D eigenvalue weighted by molar-refractivity contribution is 0.466. The van der Waals surface area contributed by atoms with Gasteiger partial charge in [0.25, 0.3) is 0 Å². The molecule has 1 aromatic heterocycles. The van der Waals surface area contributed by atoms with Crippen LogP contribution in [-0.2, 0) is 0 Å². The van der Waals surface area contributed by atoms with Crippen LogP contribution in [0.25, 0.3) is 10.8 Å². The molecule has 0 saturated carbocycles. The van der Waals surface area contributed by atoms with Crippen molar-refractivity contribution in [1.29, 1.82) is 0 Å². The maximum Gasteiger partial charge on any atom is 0.225 e. The standard InChI is InChI=1S/C15H11ClN2O/c1-10-9-14(18-15(16)17-10)19-13-8-4-6-11-5-2-3-7-12(11)13/h2-9H,1H3. The van der Waals surface area contributed by atoms with Gasteiger partial charge in [-0.15, -0.1) is 0 Å². The molecule has 0 N–H and O–H groups in total. The number of benzene rings is 2. The first-order chi connectivity index (χ1) is 9.22. The summed E-state index contributed by atoms with van der Waals surface area (Å²) in [6.07, 6.45) is 0. The Kier molecular flexibility index (Phi) is 3.05. The molecular weight excluding hydrogens is 260 g/mol. The summed E-state index contributed by atoms with van der Waals surface area (Å²) in [6, 6.07) is 15.7. The van der Waals surface area contributed by atoms with E-state index in [0.717, 1.165) is 22.2 Å². The molecule has 0 amide bonds. The summed E-state index contributed by atoms with van der Waals surface area (Å²) >= 11 is 5.83. The summed E-state index contributed by atoms with van der Waals surface area (Å²) in [4.78, 5) is 8.08. The van der Waals surface area contributed by atoms with Gasteiger partial charge in [0.05, 0.1) is 0 Å². The zero-order valence-electron chi connectivity index (χ0n) is 10.3. The first-order valence-corrected chi connectivity index (χ1v) is 6.27. The van der Waals surface area contributed by atoms with E-state index in [1.54, 1.807) is 6.07 Å². The number of aromatic nitrogens is 2. The molecule has 3 nitrogen and oxygen atoms in total. The number of nitrogens with zero attached hydrogens (tertiary/aromatic N) is 2. The smallest absolute Gasteiger partial charge is 0.225 e. The third-order valence-corrected chi connectivity index (χ3v) is 2.94. The number of fused-ring (bicyclic) bond motifs is 1. The lowest BCUT2D eigenvalue weighted by Crippen LogP contribution is -1.93. The van der Waals surface area contributed by atoms with Crippen molar-refractivity contribution in [1.82, 2.24) is 9.97 Å². The van der Waals surface area contributed by atoms with Crippen LogP contribution in [0.3, 0.4) is 0 Å². The Balaban J connectivity index is 2.05. The molecule has 0 radical (unpaired) electrons. The van der Waals surface area contributed by atoms with E-state index in [-0.39, 0.29) is 5.28 Å². The molecule has 0 atom stereocenters. The summed E-state index contributed by atoms with van der Waals surface area (Å²) in [5.41, 5.74) is 0.773. The van der Waals surface area contributed by atoms with Gasteiger partial charge in [-0.3, -0.25) is 0 Å². The van der Waals surface area contributed by atoms with Crippen LogP contribution >= 0.6 is 11.6 Å². The summed E-state index contributed by atoms with van der Waals surface area (Å²) in [5, 5.41) is 2.35. The van der Waals surface area contributed by atoms with E-state index in [9.17, 15) is 0 Å². The number of halogens is 1. The first kappa shape index (κ1) is 11.9. The maximum atomic E-state index is 5.83. The Bertz CT molecular complexity index is 718. The van der Waals surface area contributed by atoms with Crippen LogP contribution in [0, 0.1) is 6.92 Å². The number of rotatable bonds is 2. The molecule has 3 rings (SSSR count). The number of ether oxygens (including phenoxy) is 1. The minimum absolute atomic E-state index is 0.190. The lowest BCUT2D eigenvalue weighted by atomic mass is 10.1. The first-order valence-electron chi connectivity index (χ1n) is 5.89. The Labute approximate surface area is 115 Å². The van der Waals surface area contributed by atoms with E-state index in [1.165, 1.54) is 0 Å². The second-order valence-corrected chi connectivity index (χ2v) is 4.53. The van der Waals surface area contributed by atoms with Crippen LogP contribution in [-0.4, -0.2) is 9.97 Å². The van der Waals surface area contributed by atoms with Crippen molar-refractivity contribution in [3.8, 4) is 11.6 Å². The van der Waals surface area contributed by atoms with Crippen LogP contribution in [0.4, 0.5) is 0 Å². The highest BCUT2D eigenvalue weighted by Gasteiger charge is 2.05. The molecule has 19 heavy (non-hydrogen) atoms. The predicted molar refractivity (Wildman–Crippen MR) is 75.8 cm³/mol. The van der Waals surface area contributed by atoms with Gasteiger partial charge in [-0.2, -0.15) is 4.98 Å². The fourth-order valence-electron chi connectivity index (χ4n) is 1.95. The summed E-state index contributed by atoms with van der Waals surface area (Å²) in [6.45, 7) is 1.85. The van der Waals surface area contributed by atoms with Gasteiger partial charge in [-0.1, -0.05) is 36.4 Å². The van der Waals surface area contributed by atoms with E-state index in [1.807, 2.05) is 49.4 Å². The van der Waals surface area contributed by atoms with Crippen molar-refractivity contribution >= 4 is 22.4 Å². The Morgan fingerprint density at radius 3 is 2.63 bits per heavy atom. The molecule has 2 aromatic carbocycles. The molecule has 94 valence electrons. The van der Waals surface area contributed by atoms with E-state index in [0.29, 0.717) is 5.88 Å². The average Bonchev–Trinajstić information content (AvgIpc) is 2.38. The monoisotopic (exact) mass is 270 g/mol. The molecule has 0 saturated heterocycles. The van der Waals surface area contributed by atoms with Gasteiger partial charge in [-0.25, -0.2) is 4.98 Å². The molecule has 0 aliphatic heterocycles. The molecule has 0 unspecified atom stereocenters.